The van der Waals surface area contributed by atoms with Crippen LogP contribution in [0.4, 0.5) is 0 Å². The van der Waals surface area contributed by atoms with Crippen molar-refractivity contribution in [3.8, 4) is 0 Å². The molecule has 64 valence electrons. The van der Waals surface area contributed by atoms with Crippen molar-refractivity contribution in [1.29, 1.82) is 0 Å². The van der Waals surface area contributed by atoms with Gasteiger partial charge < -0.3 is 4.74 Å². The summed E-state index contributed by atoms with van der Waals surface area (Å²) in [5.74, 6) is 0.321. The minimum Gasteiger partial charge on any atom is -0.466 e. The molecule has 0 aliphatic rings. The van der Waals surface area contributed by atoms with E-state index in [1.165, 1.54) is 7.11 Å². The molecule has 2 nitrogen and oxygen atoms in total. The van der Waals surface area contributed by atoms with Crippen LogP contribution in [-0.2, 0) is 9.53 Å². The molecule has 11 heavy (non-hydrogen) atoms. The molecule has 0 rings (SSSR count). The molecule has 0 fully saturated rings. The summed E-state index contributed by atoms with van der Waals surface area (Å²) in [7, 11) is 1.38. The fraction of sp³-hybridized carbons (Fsp3) is 0.667. The van der Waals surface area contributed by atoms with E-state index >= 15 is 0 Å². The Bertz CT molecular complexity index is 148. The van der Waals surface area contributed by atoms with E-state index in [0.29, 0.717) is 11.5 Å². The highest BCUT2D eigenvalue weighted by molar-refractivity contribution is 5.87. The maximum Gasteiger partial charge on any atom is 0.333 e. The number of esters is 1. The normalized spacial score (nSPS) is 9.82. The molecule has 0 aromatic rings. The first-order valence-corrected chi connectivity index (χ1v) is 3.84. The highest BCUT2D eigenvalue weighted by atomic mass is 16.5. The predicted molar refractivity (Wildman–Crippen MR) is 45.2 cm³/mol. The molecule has 0 radical (unpaired) electrons. The molecule has 0 atom stereocenters. The zero-order chi connectivity index (χ0) is 8.85. The van der Waals surface area contributed by atoms with Gasteiger partial charge in [-0.15, -0.1) is 0 Å². The Morgan fingerprint density at radius 2 is 2.09 bits per heavy atom. The standard InChI is InChI=1S/C9H16O2/c1-7(2)5-6-8(3)9(10)11-4/h7H,3,5-6H2,1-2,4H3. The van der Waals surface area contributed by atoms with Crippen molar-refractivity contribution in [2.75, 3.05) is 7.11 Å². The first kappa shape index (κ1) is 10.2. The molecular weight excluding hydrogens is 140 g/mol. The summed E-state index contributed by atoms with van der Waals surface area (Å²) in [4.78, 5) is 10.8. The van der Waals surface area contributed by atoms with Gasteiger partial charge in [0.15, 0.2) is 0 Å². The average Bonchev–Trinajstić information content (AvgIpc) is 1.98. The van der Waals surface area contributed by atoms with Crippen LogP contribution in [0.15, 0.2) is 12.2 Å². The third kappa shape index (κ3) is 4.59. The van der Waals surface area contributed by atoms with Crippen molar-refractivity contribution in [2.45, 2.75) is 26.7 Å². The van der Waals surface area contributed by atoms with Crippen molar-refractivity contribution < 1.29 is 9.53 Å². The topological polar surface area (TPSA) is 26.3 Å². The van der Waals surface area contributed by atoms with Gasteiger partial charge in [0.05, 0.1) is 7.11 Å². The summed E-state index contributed by atoms with van der Waals surface area (Å²) in [6.07, 6.45) is 1.73. The number of hydrogen-bond acceptors (Lipinski definition) is 2. The summed E-state index contributed by atoms with van der Waals surface area (Å²) in [5.41, 5.74) is 0.571. The van der Waals surface area contributed by atoms with Crippen LogP contribution in [0.1, 0.15) is 26.7 Å². The first-order valence-electron chi connectivity index (χ1n) is 3.84. The molecule has 0 saturated carbocycles. The molecule has 2 heteroatoms. The maximum atomic E-state index is 10.8. The highest BCUT2D eigenvalue weighted by Gasteiger charge is 2.06. The lowest BCUT2D eigenvalue weighted by molar-refractivity contribution is -0.136. The van der Waals surface area contributed by atoms with E-state index in [1.807, 2.05) is 0 Å². The second-order valence-electron chi connectivity index (χ2n) is 3.03. The van der Waals surface area contributed by atoms with Crippen molar-refractivity contribution in [3.05, 3.63) is 12.2 Å². The van der Waals surface area contributed by atoms with Crippen LogP contribution in [-0.4, -0.2) is 13.1 Å². The molecule has 0 aliphatic heterocycles. The van der Waals surface area contributed by atoms with Crippen LogP contribution in [0, 0.1) is 5.92 Å². The van der Waals surface area contributed by atoms with Gasteiger partial charge in [0.25, 0.3) is 0 Å². The van der Waals surface area contributed by atoms with Crippen LogP contribution >= 0.6 is 0 Å². The molecule has 0 amide bonds. The van der Waals surface area contributed by atoms with Gasteiger partial charge >= 0.3 is 5.97 Å². The molecule has 0 N–H and O–H groups in total. The Labute approximate surface area is 68.2 Å². The van der Waals surface area contributed by atoms with Crippen molar-refractivity contribution >= 4 is 5.97 Å². The number of carbonyl (C=O) groups is 1. The monoisotopic (exact) mass is 156 g/mol. The summed E-state index contributed by atoms with van der Waals surface area (Å²) in [6, 6.07) is 0. The molecule has 0 aliphatic carbocycles. The fourth-order valence-corrected chi connectivity index (χ4v) is 0.709. The molecule has 0 saturated heterocycles. The largest absolute Gasteiger partial charge is 0.466 e. The summed E-state index contributed by atoms with van der Waals surface area (Å²) in [5, 5.41) is 0. The number of ether oxygens (including phenoxy) is 1. The summed E-state index contributed by atoms with van der Waals surface area (Å²) < 4.78 is 4.51. The third-order valence-electron chi connectivity index (χ3n) is 1.50. The fourth-order valence-electron chi connectivity index (χ4n) is 0.709. The molecular formula is C9H16O2. The minimum absolute atomic E-state index is 0.286. The van der Waals surface area contributed by atoms with E-state index in [-0.39, 0.29) is 5.97 Å². The van der Waals surface area contributed by atoms with Gasteiger partial charge in [0.1, 0.15) is 0 Å². The Morgan fingerprint density at radius 3 is 2.45 bits per heavy atom. The first-order chi connectivity index (χ1) is 5.07. The Morgan fingerprint density at radius 1 is 1.55 bits per heavy atom. The van der Waals surface area contributed by atoms with E-state index in [0.717, 1.165) is 12.8 Å². The smallest absolute Gasteiger partial charge is 0.333 e. The summed E-state index contributed by atoms with van der Waals surface area (Å²) >= 11 is 0. The second kappa shape index (κ2) is 4.94. The maximum absolute atomic E-state index is 10.8. The van der Waals surface area contributed by atoms with E-state index in [4.69, 9.17) is 0 Å². The molecule has 0 spiro atoms. The van der Waals surface area contributed by atoms with Gasteiger partial charge in [-0.1, -0.05) is 20.4 Å². The van der Waals surface area contributed by atoms with Crippen LogP contribution < -0.4 is 0 Å². The number of methoxy groups -OCH3 is 1. The van der Waals surface area contributed by atoms with Crippen molar-refractivity contribution in [3.63, 3.8) is 0 Å². The number of rotatable bonds is 4. The third-order valence-corrected chi connectivity index (χ3v) is 1.50. The Hall–Kier alpha value is -0.790. The van der Waals surface area contributed by atoms with Gasteiger partial charge in [0, 0.05) is 5.57 Å². The van der Waals surface area contributed by atoms with Crippen LogP contribution in [0.5, 0.6) is 0 Å². The van der Waals surface area contributed by atoms with Crippen LogP contribution in [0.2, 0.25) is 0 Å². The van der Waals surface area contributed by atoms with Gasteiger partial charge in [-0.25, -0.2) is 4.79 Å². The average molecular weight is 156 g/mol. The number of carbonyl (C=O) groups excluding carboxylic acids is 1. The molecule has 0 bridgehead atoms. The SMILES string of the molecule is C=C(CCC(C)C)C(=O)OC. The second-order valence-corrected chi connectivity index (χ2v) is 3.03. The van der Waals surface area contributed by atoms with Gasteiger partial charge in [0.2, 0.25) is 0 Å². The zero-order valence-electron chi connectivity index (χ0n) is 7.52. The minimum atomic E-state index is -0.286. The lowest BCUT2D eigenvalue weighted by Gasteiger charge is -2.04. The van der Waals surface area contributed by atoms with E-state index in [9.17, 15) is 4.79 Å². The Kier molecular flexibility index (Phi) is 4.59. The van der Waals surface area contributed by atoms with E-state index in [1.54, 1.807) is 0 Å². The van der Waals surface area contributed by atoms with Gasteiger partial charge in [-0.2, -0.15) is 0 Å². The van der Waals surface area contributed by atoms with Gasteiger partial charge in [-0.3, -0.25) is 0 Å². The molecule has 0 unspecified atom stereocenters. The number of hydrogen-bond donors (Lipinski definition) is 0. The summed E-state index contributed by atoms with van der Waals surface area (Å²) in [6.45, 7) is 7.85. The predicted octanol–water partition coefficient (Wildman–Crippen LogP) is 2.15. The van der Waals surface area contributed by atoms with E-state index in [2.05, 4.69) is 25.2 Å². The highest BCUT2D eigenvalue weighted by Crippen LogP contribution is 2.10. The van der Waals surface area contributed by atoms with Crippen molar-refractivity contribution in [1.82, 2.24) is 0 Å². The lowest BCUT2D eigenvalue weighted by atomic mass is 10.0. The van der Waals surface area contributed by atoms with E-state index < -0.39 is 0 Å². The lowest BCUT2D eigenvalue weighted by Crippen LogP contribution is -2.04. The molecule has 0 heterocycles. The van der Waals surface area contributed by atoms with Crippen molar-refractivity contribution in [2.24, 2.45) is 5.92 Å². The van der Waals surface area contributed by atoms with Gasteiger partial charge in [-0.05, 0) is 18.8 Å². The molecule has 0 aromatic carbocycles. The van der Waals surface area contributed by atoms with Crippen LogP contribution in [0.25, 0.3) is 0 Å². The Balaban J connectivity index is 3.61. The zero-order valence-corrected chi connectivity index (χ0v) is 7.52. The van der Waals surface area contributed by atoms with Crippen LogP contribution in [0.3, 0.4) is 0 Å². The molecule has 0 aromatic heterocycles. The quantitative estimate of drug-likeness (QED) is 0.460.